The molecule has 0 aliphatic carbocycles. The van der Waals surface area contributed by atoms with Crippen LogP contribution in [0, 0.1) is 10.1 Å². The van der Waals surface area contributed by atoms with Gasteiger partial charge >= 0.3 is 0 Å². The van der Waals surface area contributed by atoms with Crippen molar-refractivity contribution in [3.8, 4) is 0 Å². The van der Waals surface area contributed by atoms with E-state index in [1.165, 1.54) is 12.1 Å². The highest BCUT2D eigenvalue weighted by molar-refractivity contribution is 7.80. The fraction of sp³-hybridized carbons (Fsp3) is 0.182. The zero-order chi connectivity index (χ0) is 12.0. The Morgan fingerprint density at radius 1 is 1.38 bits per heavy atom. The first-order valence-electron chi connectivity index (χ1n) is 4.70. The highest BCUT2D eigenvalue weighted by atomic mass is 32.1. The molecule has 16 heavy (non-hydrogen) atoms. The van der Waals surface area contributed by atoms with Crippen LogP contribution in [0.5, 0.6) is 0 Å². The van der Waals surface area contributed by atoms with Crippen molar-refractivity contribution in [3.63, 3.8) is 0 Å². The highest BCUT2D eigenvalue weighted by Gasteiger charge is 2.08. The molecule has 0 amide bonds. The number of non-ortho nitro benzene ring substituents is 1. The summed E-state index contributed by atoms with van der Waals surface area (Å²) in [6, 6.07) is 4.22. The number of allylic oxidation sites excluding steroid dienone is 1. The van der Waals surface area contributed by atoms with Gasteiger partial charge in [0.15, 0.2) is 6.29 Å². The van der Waals surface area contributed by atoms with E-state index in [4.69, 9.17) is 0 Å². The summed E-state index contributed by atoms with van der Waals surface area (Å²) in [5.74, 6) is 0.722. The summed E-state index contributed by atoms with van der Waals surface area (Å²) in [7, 11) is 0. The van der Waals surface area contributed by atoms with E-state index < -0.39 is 4.92 Å². The molecule has 0 aliphatic heterocycles. The number of thiol groups is 1. The van der Waals surface area contributed by atoms with Gasteiger partial charge in [0.25, 0.3) is 5.69 Å². The van der Waals surface area contributed by atoms with Gasteiger partial charge < -0.3 is 0 Å². The molecule has 1 rings (SSSR count). The predicted octanol–water partition coefficient (Wildman–Crippen LogP) is 2.74. The minimum absolute atomic E-state index is 0.0755. The number of hydrogen-bond donors (Lipinski definition) is 1. The molecule has 0 heterocycles. The second-order valence-corrected chi connectivity index (χ2v) is 3.55. The smallest absolute Gasteiger partial charge is 0.270 e. The van der Waals surface area contributed by atoms with Gasteiger partial charge in [-0.15, -0.1) is 0 Å². The summed E-state index contributed by atoms with van der Waals surface area (Å²) in [4.78, 5) is 20.7. The molecule has 0 saturated carbocycles. The zero-order valence-corrected chi connectivity index (χ0v) is 9.39. The molecule has 4 nitrogen and oxygen atoms in total. The topological polar surface area (TPSA) is 60.2 Å². The number of nitrogens with zero attached hydrogens (tertiary/aromatic N) is 1. The number of carbonyl (C=O) groups is 1. The maximum absolute atomic E-state index is 10.8. The van der Waals surface area contributed by atoms with Gasteiger partial charge in [-0.3, -0.25) is 14.9 Å². The fourth-order valence-electron chi connectivity index (χ4n) is 1.21. The Balaban J connectivity index is 3.02. The second-order valence-electron chi connectivity index (χ2n) is 3.10. The van der Waals surface area contributed by atoms with Crippen molar-refractivity contribution in [2.45, 2.75) is 6.42 Å². The summed E-state index contributed by atoms with van der Waals surface area (Å²) in [6.45, 7) is 0. The normalized spacial score (nSPS) is 10.6. The Labute approximate surface area is 98.5 Å². The van der Waals surface area contributed by atoms with Gasteiger partial charge in [-0.05, 0) is 23.8 Å². The lowest BCUT2D eigenvalue weighted by atomic mass is 10.1. The van der Waals surface area contributed by atoms with Crippen LogP contribution in [-0.4, -0.2) is 17.0 Å². The minimum atomic E-state index is -0.520. The SMILES string of the molecule is O=Cc1cc([N+](=O)[O-])ccc1C=CCCS. The molecule has 0 bridgehead atoms. The number of rotatable bonds is 5. The van der Waals surface area contributed by atoms with Gasteiger partial charge in [0.05, 0.1) is 4.92 Å². The van der Waals surface area contributed by atoms with Crippen molar-refractivity contribution in [1.82, 2.24) is 0 Å². The predicted molar refractivity (Wildman–Crippen MR) is 66.0 cm³/mol. The quantitative estimate of drug-likeness (QED) is 0.371. The van der Waals surface area contributed by atoms with E-state index in [-0.39, 0.29) is 5.69 Å². The Morgan fingerprint density at radius 3 is 2.69 bits per heavy atom. The van der Waals surface area contributed by atoms with Crippen LogP contribution in [0.4, 0.5) is 5.69 Å². The molecular formula is C11H11NO3S. The summed E-state index contributed by atoms with van der Waals surface area (Å²) in [5.41, 5.74) is 0.931. The third-order valence-corrected chi connectivity index (χ3v) is 2.26. The average molecular weight is 237 g/mol. The standard InChI is InChI=1S/C11H11NO3S/c13-8-10-7-11(12(14)15)5-4-9(10)3-1-2-6-16/h1,3-5,7-8,16H,2,6H2. The lowest BCUT2D eigenvalue weighted by Gasteiger charge is -1.98. The average Bonchev–Trinajstić information content (AvgIpc) is 2.29. The molecule has 0 unspecified atom stereocenters. The molecule has 0 saturated heterocycles. The molecule has 0 radical (unpaired) electrons. The molecule has 0 spiro atoms. The van der Waals surface area contributed by atoms with Gasteiger partial charge in [0.1, 0.15) is 0 Å². The van der Waals surface area contributed by atoms with Gasteiger partial charge in [-0.1, -0.05) is 12.2 Å². The third-order valence-electron chi connectivity index (χ3n) is 2.00. The maximum atomic E-state index is 10.8. The van der Waals surface area contributed by atoms with Crippen molar-refractivity contribution in [2.75, 3.05) is 5.75 Å². The Kier molecular flexibility index (Phi) is 4.72. The Morgan fingerprint density at radius 2 is 2.12 bits per heavy atom. The molecule has 84 valence electrons. The van der Waals surface area contributed by atoms with Crippen molar-refractivity contribution >= 4 is 30.7 Å². The van der Waals surface area contributed by atoms with E-state index in [1.54, 1.807) is 12.1 Å². The van der Waals surface area contributed by atoms with E-state index in [9.17, 15) is 14.9 Å². The van der Waals surface area contributed by atoms with Crippen molar-refractivity contribution < 1.29 is 9.72 Å². The first-order valence-corrected chi connectivity index (χ1v) is 5.33. The van der Waals surface area contributed by atoms with Crippen LogP contribution in [-0.2, 0) is 0 Å². The molecule has 5 heteroatoms. The number of benzene rings is 1. The van der Waals surface area contributed by atoms with Crippen LogP contribution in [0.15, 0.2) is 24.3 Å². The molecular weight excluding hydrogens is 226 g/mol. The van der Waals surface area contributed by atoms with Crippen LogP contribution < -0.4 is 0 Å². The highest BCUT2D eigenvalue weighted by Crippen LogP contribution is 2.17. The third kappa shape index (κ3) is 3.20. The molecule has 1 aromatic carbocycles. The monoisotopic (exact) mass is 237 g/mol. The summed E-state index contributed by atoms with van der Waals surface area (Å²) in [6.07, 6.45) is 5.05. The van der Waals surface area contributed by atoms with Crippen molar-refractivity contribution in [3.05, 3.63) is 45.5 Å². The number of carbonyl (C=O) groups excluding carboxylic acids is 1. The maximum Gasteiger partial charge on any atom is 0.270 e. The number of aldehydes is 1. The van der Waals surface area contributed by atoms with Crippen LogP contribution in [0.1, 0.15) is 22.3 Å². The molecule has 0 aliphatic rings. The Hall–Kier alpha value is -1.62. The second kappa shape index (κ2) is 6.07. The van der Waals surface area contributed by atoms with Gasteiger partial charge in [-0.25, -0.2) is 0 Å². The molecule has 0 aromatic heterocycles. The first-order chi connectivity index (χ1) is 7.69. The van der Waals surface area contributed by atoms with Crippen molar-refractivity contribution in [1.29, 1.82) is 0 Å². The van der Waals surface area contributed by atoms with Gasteiger partial charge in [0.2, 0.25) is 0 Å². The lowest BCUT2D eigenvalue weighted by Crippen LogP contribution is -1.92. The zero-order valence-electron chi connectivity index (χ0n) is 8.50. The molecule has 0 atom stereocenters. The van der Waals surface area contributed by atoms with E-state index in [0.717, 1.165) is 12.2 Å². The largest absolute Gasteiger partial charge is 0.298 e. The van der Waals surface area contributed by atoms with E-state index in [0.29, 0.717) is 17.4 Å². The van der Waals surface area contributed by atoms with Crippen LogP contribution >= 0.6 is 12.6 Å². The summed E-state index contributed by atoms with van der Waals surface area (Å²) < 4.78 is 0. The van der Waals surface area contributed by atoms with Crippen molar-refractivity contribution in [2.24, 2.45) is 0 Å². The van der Waals surface area contributed by atoms with Gasteiger partial charge in [-0.2, -0.15) is 12.6 Å². The van der Waals surface area contributed by atoms with Gasteiger partial charge in [0, 0.05) is 17.7 Å². The number of nitro groups is 1. The van der Waals surface area contributed by atoms with Crippen LogP contribution in [0.3, 0.4) is 0 Å². The Bertz CT molecular complexity index is 429. The summed E-state index contributed by atoms with van der Waals surface area (Å²) in [5, 5.41) is 10.5. The first kappa shape index (κ1) is 12.4. The summed E-state index contributed by atoms with van der Waals surface area (Å²) >= 11 is 4.05. The van der Waals surface area contributed by atoms with Crippen LogP contribution in [0.25, 0.3) is 6.08 Å². The fourth-order valence-corrected chi connectivity index (χ4v) is 1.36. The molecule has 0 fully saturated rings. The van der Waals surface area contributed by atoms with Crippen LogP contribution in [0.2, 0.25) is 0 Å². The lowest BCUT2D eigenvalue weighted by molar-refractivity contribution is -0.384. The number of hydrogen-bond acceptors (Lipinski definition) is 4. The van der Waals surface area contributed by atoms with E-state index in [1.807, 2.05) is 6.08 Å². The minimum Gasteiger partial charge on any atom is -0.298 e. The number of nitro benzene ring substituents is 1. The molecule has 1 aromatic rings. The molecule has 0 N–H and O–H groups in total. The van der Waals surface area contributed by atoms with E-state index >= 15 is 0 Å². The van der Waals surface area contributed by atoms with E-state index in [2.05, 4.69) is 12.6 Å².